The first-order chi connectivity index (χ1) is 13.0. The van der Waals surface area contributed by atoms with Gasteiger partial charge in [0, 0.05) is 18.2 Å². The van der Waals surface area contributed by atoms with Crippen LogP contribution in [0.25, 0.3) is 0 Å². The van der Waals surface area contributed by atoms with E-state index >= 15 is 0 Å². The van der Waals surface area contributed by atoms with Gasteiger partial charge in [0.25, 0.3) is 5.91 Å². The number of aryl methyl sites for hydroxylation is 1. The third-order valence-electron chi connectivity index (χ3n) is 7.34. The number of aliphatic hydroxyl groups is 1. The van der Waals surface area contributed by atoms with E-state index in [9.17, 15) is 9.90 Å². The van der Waals surface area contributed by atoms with Crippen molar-refractivity contribution < 1.29 is 9.90 Å². The second kappa shape index (κ2) is 5.93. The molecule has 2 aromatic carbocycles. The van der Waals surface area contributed by atoms with Gasteiger partial charge in [0.15, 0.2) is 0 Å². The van der Waals surface area contributed by atoms with E-state index in [-0.39, 0.29) is 17.4 Å². The highest BCUT2D eigenvalue weighted by Crippen LogP contribution is 2.52. The average Bonchev–Trinajstić information content (AvgIpc) is 3.01. The van der Waals surface area contributed by atoms with Crippen LogP contribution in [0.3, 0.4) is 0 Å². The van der Waals surface area contributed by atoms with Gasteiger partial charge in [0.05, 0.1) is 6.10 Å². The Labute approximate surface area is 161 Å². The highest BCUT2D eigenvalue weighted by atomic mass is 16.3. The van der Waals surface area contributed by atoms with Crippen LogP contribution in [0, 0.1) is 5.41 Å². The summed E-state index contributed by atoms with van der Waals surface area (Å²) in [5.41, 5.74) is 5.80. The lowest BCUT2D eigenvalue weighted by molar-refractivity contribution is 0.0103. The molecule has 3 atom stereocenters. The summed E-state index contributed by atoms with van der Waals surface area (Å²) < 4.78 is 0. The van der Waals surface area contributed by atoms with Crippen LogP contribution in [-0.4, -0.2) is 28.5 Å². The molecule has 2 bridgehead atoms. The summed E-state index contributed by atoms with van der Waals surface area (Å²) in [6, 6.07) is 14.9. The van der Waals surface area contributed by atoms with Crippen LogP contribution in [0.15, 0.2) is 42.5 Å². The van der Waals surface area contributed by atoms with Crippen molar-refractivity contribution in [2.45, 2.75) is 57.6 Å². The van der Waals surface area contributed by atoms with Crippen molar-refractivity contribution in [3.8, 4) is 0 Å². The molecule has 0 spiro atoms. The number of carbonyl (C=O) groups excluding carboxylic acids is 1. The van der Waals surface area contributed by atoms with Crippen LogP contribution >= 0.6 is 0 Å². The van der Waals surface area contributed by atoms with Crippen molar-refractivity contribution in [1.29, 1.82) is 0 Å². The van der Waals surface area contributed by atoms with Crippen molar-refractivity contribution >= 4 is 5.91 Å². The Morgan fingerprint density at radius 1 is 1.07 bits per heavy atom. The highest BCUT2D eigenvalue weighted by Gasteiger charge is 2.49. The minimum absolute atomic E-state index is 0.0680. The molecule has 140 valence electrons. The molecule has 27 heavy (non-hydrogen) atoms. The number of benzene rings is 2. The molecule has 1 heterocycles. The van der Waals surface area contributed by atoms with Gasteiger partial charge in [-0.1, -0.05) is 44.2 Å². The first kappa shape index (κ1) is 17.0. The number of rotatable bonds is 1. The van der Waals surface area contributed by atoms with Gasteiger partial charge >= 0.3 is 0 Å². The summed E-state index contributed by atoms with van der Waals surface area (Å²) in [6.07, 6.45) is 3.20. The van der Waals surface area contributed by atoms with Gasteiger partial charge in [-0.3, -0.25) is 4.79 Å². The summed E-state index contributed by atoms with van der Waals surface area (Å²) in [5, 5.41) is 10.2. The predicted octanol–water partition coefficient (Wildman–Crippen LogP) is 4.25. The van der Waals surface area contributed by atoms with Crippen LogP contribution in [0.5, 0.6) is 0 Å². The molecule has 1 fully saturated rings. The lowest BCUT2D eigenvalue weighted by atomic mass is 9.59. The molecule has 2 aliphatic carbocycles. The molecule has 1 aliphatic heterocycles. The number of fused-ring (bicyclic) bond motifs is 5. The van der Waals surface area contributed by atoms with E-state index in [4.69, 9.17) is 0 Å². The van der Waals surface area contributed by atoms with Crippen molar-refractivity contribution in [1.82, 2.24) is 4.90 Å². The summed E-state index contributed by atoms with van der Waals surface area (Å²) in [6.45, 7) is 5.46. The Hall–Kier alpha value is -2.13. The lowest BCUT2D eigenvalue weighted by Gasteiger charge is -2.55. The molecular formula is C24H27NO2. The lowest BCUT2D eigenvalue weighted by Crippen LogP contribution is -2.58. The quantitative estimate of drug-likeness (QED) is 0.825. The van der Waals surface area contributed by atoms with Crippen LogP contribution in [0.2, 0.25) is 0 Å². The summed E-state index contributed by atoms with van der Waals surface area (Å²) >= 11 is 0. The van der Waals surface area contributed by atoms with Gasteiger partial charge in [-0.15, -0.1) is 0 Å². The van der Waals surface area contributed by atoms with E-state index < -0.39 is 6.10 Å². The number of aliphatic hydroxyl groups excluding tert-OH is 1. The fourth-order valence-electron chi connectivity index (χ4n) is 5.75. The molecule has 0 saturated carbocycles. The number of piperidine rings is 1. The third-order valence-corrected chi connectivity index (χ3v) is 7.34. The fourth-order valence-corrected chi connectivity index (χ4v) is 5.75. The molecule has 3 aliphatic rings. The van der Waals surface area contributed by atoms with Crippen molar-refractivity contribution in [2.75, 3.05) is 6.54 Å². The third kappa shape index (κ3) is 2.48. The number of likely N-dealkylation sites (tertiary alicyclic amines) is 1. The van der Waals surface area contributed by atoms with E-state index in [1.165, 1.54) is 16.7 Å². The van der Waals surface area contributed by atoms with Crippen LogP contribution < -0.4 is 0 Å². The zero-order valence-electron chi connectivity index (χ0n) is 16.1. The van der Waals surface area contributed by atoms with Crippen LogP contribution in [0.4, 0.5) is 0 Å². The number of amides is 1. The summed E-state index contributed by atoms with van der Waals surface area (Å²) in [5.74, 6) is 0.631. The van der Waals surface area contributed by atoms with Gasteiger partial charge in [0.2, 0.25) is 0 Å². The van der Waals surface area contributed by atoms with Crippen molar-refractivity contribution in [2.24, 2.45) is 5.41 Å². The van der Waals surface area contributed by atoms with E-state index in [1.54, 1.807) is 0 Å². The smallest absolute Gasteiger partial charge is 0.254 e. The summed E-state index contributed by atoms with van der Waals surface area (Å²) in [4.78, 5) is 15.6. The van der Waals surface area contributed by atoms with E-state index in [0.717, 1.165) is 43.4 Å². The normalized spacial score (nSPS) is 27.8. The summed E-state index contributed by atoms with van der Waals surface area (Å²) in [7, 11) is 0. The zero-order valence-corrected chi connectivity index (χ0v) is 16.1. The van der Waals surface area contributed by atoms with Gasteiger partial charge in [-0.25, -0.2) is 0 Å². The first-order valence-electron chi connectivity index (χ1n) is 10.2. The molecule has 0 radical (unpaired) electrons. The van der Waals surface area contributed by atoms with E-state index in [1.807, 2.05) is 18.2 Å². The fraction of sp³-hybridized carbons (Fsp3) is 0.458. The predicted molar refractivity (Wildman–Crippen MR) is 106 cm³/mol. The molecular weight excluding hydrogens is 334 g/mol. The average molecular weight is 361 g/mol. The topological polar surface area (TPSA) is 40.5 Å². The van der Waals surface area contributed by atoms with Crippen molar-refractivity contribution in [3.05, 3.63) is 70.3 Å². The molecule has 2 aromatic rings. The Kier molecular flexibility index (Phi) is 3.74. The van der Waals surface area contributed by atoms with E-state index in [2.05, 4.69) is 43.0 Å². The van der Waals surface area contributed by atoms with Crippen molar-refractivity contribution in [3.63, 3.8) is 0 Å². The molecule has 3 unspecified atom stereocenters. The minimum Gasteiger partial charge on any atom is -0.388 e. The minimum atomic E-state index is -0.420. The Morgan fingerprint density at radius 3 is 2.74 bits per heavy atom. The maximum Gasteiger partial charge on any atom is 0.254 e. The van der Waals surface area contributed by atoms with Crippen LogP contribution in [0.1, 0.15) is 71.3 Å². The Balaban J connectivity index is 1.50. The first-order valence-corrected chi connectivity index (χ1v) is 10.2. The largest absolute Gasteiger partial charge is 0.388 e. The Bertz CT molecular complexity index is 916. The number of nitrogens with zero attached hydrogens (tertiary/aromatic N) is 1. The molecule has 3 heteroatoms. The molecule has 1 amide bonds. The zero-order chi connectivity index (χ0) is 18.8. The maximum atomic E-state index is 13.5. The van der Waals surface area contributed by atoms with Gasteiger partial charge in [-0.05, 0) is 71.4 Å². The molecule has 3 nitrogen and oxygen atoms in total. The monoisotopic (exact) mass is 361 g/mol. The maximum absolute atomic E-state index is 13.5. The molecule has 5 rings (SSSR count). The SMILES string of the molecule is CC1(C)C2CCN(C(=O)c3ccc4c(c3)C(O)CC4)C1Cc1ccccc12. The number of carbonyl (C=O) groups is 1. The number of hydrogen-bond acceptors (Lipinski definition) is 2. The molecule has 1 saturated heterocycles. The standard InChI is InChI=1S/C24H27NO2/c1-24(2)20-11-12-25(22(24)14-16-5-3-4-6-18(16)20)23(27)17-8-7-15-9-10-21(26)19(15)13-17/h3-8,13,20-22,26H,9-12,14H2,1-2H3. The van der Waals surface area contributed by atoms with Crippen LogP contribution in [-0.2, 0) is 12.8 Å². The second-order valence-corrected chi connectivity index (χ2v) is 9.05. The van der Waals surface area contributed by atoms with Gasteiger partial charge < -0.3 is 10.0 Å². The Morgan fingerprint density at radius 2 is 1.89 bits per heavy atom. The second-order valence-electron chi connectivity index (χ2n) is 9.05. The van der Waals surface area contributed by atoms with E-state index in [0.29, 0.717) is 5.92 Å². The van der Waals surface area contributed by atoms with Gasteiger partial charge in [-0.2, -0.15) is 0 Å². The molecule has 1 N–H and O–H groups in total. The molecule has 0 aromatic heterocycles. The van der Waals surface area contributed by atoms with Gasteiger partial charge in [0.1, 0.15) is 0 Å². The highest BCUT2D eigenvalue weighted by molar-refractivity contribution is 5.95. The number of hydrogen-bond donors (Lipinski definition) is 1.